The van der Waals surface area contributed by atoms with Gasteiger partial charge in [-0.05, 0) is 25.1 Å². The first kappa shape index (κ1) is 14.8. The van der Waals surface area contributed by atoms with E-state index in [2.05, 4.69) is 15.9 Å². The Labute approximate surface area is 141 Å². The largest absolute Gasteiger partial charge is 0.466 e. The summed E-state index contributed by atoms with van der Waals surface area (Å²) in [5.74, 6) is -0.0484. The van der Waals surface area contributed by atoms with Crippen LogP contribution >= 0.6 is 15.9 Å². The molecule has 2 heterocycles. The number of halogens is 1. The fraction of sp³-hybridized carbons (Fsp3) is 0.412. The van der Waals surface area contributed by atoms with Crippen molar-refractivity contribution in [2.24, 2.45) is 5.92 Å². The fourth-order valence-corrected chi connectivity index (χ4v) is 3.98. The van der Waals surface area contributed by atoms with Crippen molar-refractivity contribution in [1.29, 1.82) is 0 Å². The quantitative estimate of drug-likeness (QED) is 0.740. The van der Waals surface area contributed by atoms with Crippen molar-refractivity contribution < 1.29 is 23.8 Å². The monoisotopic (exact) mass is 378 g/mol. The van der Waals surface area contributed by atoms with Gasteiger partial charge in [0.25, 0.3) is 6.29 Å². The minimum atomic E-state index is -0.739. The first-order valence-corrected chi connectivity index (χ1v) is 8.45. The van der Waals surface area contributed by atoms with Gasteiger partial charge in [0.2, 0.25) is 0 Å². The van der Waals surface area contributed by atoms with E-state index in [0.29, 0.717) is 29.9 Å². The van der Waals surface area contributed by atoms with Crippen LogP contribution in [0.5, 0.6) is 5.75 Å². The number of fused-ring (bicyclic) bond motifs is 5. The van der Waals surface area contributed by atoms with Crippen LogP contribution in [-0.4, -0.2) is 24.6 Å². The highest BCUT2D eigenvalue weighted by Gasteiger charge is 2.53. The molecule has 0 fully saturated rings. The lowest BCUT2D eigenvalue weighted by Crippen LogP contribution is -2.47. The van der Waals surface area contributed by atoms with Crippen LogP contribution < -0.4 is 4.74 Å². The maximum absolute atomic E-state index is 12.5. The van der Waals surface area contributed by atoms with E-state index in [1.807, 2.05) is 18.2 Å². The van der Waals surface area contributed by atoms with Crippen molar-refractivity contribution in [1.82, 2.24) is 0 Å². The number of benzene rings is 1. The van der Waals surface area contributed by atoms with Crippen molar-refractivity contribution in [2.45, 2.75) is 32.0 Å². The lowest BCUT2D eigenvalue weighted by molar-refractivity contribution is -0.171. The van der Waals surface area contributed by atoms with Crippen LogP contribution in [0, 0.1) is 5.92 Å². The number of Topliss-reactive ketones (excluding diaryl/α,β-unsaturated/α-hetero) is 1. The second kappa shape index (κ2) is 5.37. The van der Waals surface area contributed by atoms with E-state index in [0.717, 1.165) is 10.0 Å². The second-order valence-electron chi connectivity index (χ2n) is 5.80. The zero-order valence-corrected chi connectivity index (χ0v) is 14.1. The molecule has 0 spiro atoms. The molecule has 1 aromatic carbocycles. The number of esters is 1. The molecule has 0 radical (unpaired) electrons. The highest BCUT2D eigenvalue weighted by molar-refractivity contribution is 9.10. The summed E-state index contributed by atoms with van der Waals surface area (Å²) in [5.41, 5.74) is 1.45. The van der Waals surface area contributed by atoms with Gasteiger partial charge in [-0.1, -0.05) is 15.9 Å². The Hall–Kier alpha value is -1.82. The average Bonchev–Trinajstić information content (AvgIpc) is 2.88. The maximum atomic E-state index is 12.5. The number of ketones is 1. The van der Waals surface area contributed by atoms with Gasteiger partial charge in [-0.25, -0.2) is 0 Å². The van der Waals surface area contributed by atoms with Crippen LogP contribution in [0.4, 0.5) is 0 Å². The van der Waals surface area contributed by atoms with Crippen LogP contribution in [0.1, 0.15) is 31.2 Å². The molecule has 2 aliphatic heterocycles. The highest BCUT2D eigenvalue weighted by Crippen LogP contribution is 2.52. The zero-order chi connectivity index (χ0) is 16.1. The Balaban J connectivity index is 1.88. The van der Waals surface area contributed by atoms with E-state index in [9.17, 15) is 9.59 Å². The summed E-state index contributed by atoms with van der Waals surface area (Å²) in [6, 6.07) is 5.60. The summed E-state index contributed by atoms with van der Waals surface area (Å²) in [7, 11) is 0. The van der Waals surface area contributed by atoms with Gasteiger partial charge in [0.05, 0.1) is 6.61 Å². The molecule has 0 saturated heterocycles. The standard InChI is InChI=1S/C17H15BrO5/c1-2-21-16(20)15-13-9-7-8(18)3-5-11(9)22-17(15)23-12-6-4-10(19)14(12)13/h3,5,7,13,15,17H,2,4,6H2,1H3/t13-,15-,17+/m1/s1. The Morgan fingerprint density at radius 2 is 2.17 bits per heavy atom. The summed E-state index contributed by atoms with van der Waals surface area (Å²) in [4.78, 5) is 24.9. The molecule has 23 heavy (non-hydrogen) atoms. The Morgan fingerprint density at radius 1 is 1.35 bits per heavy atom. The van der Waals surface area contributed by atoms with Gasteiger partial charge in [0.15, 0.2) is 5.78 Å². The summed E-state index contributed by atoms with van der Waals surface area (Å²) in [6.45, 7) is 2.04. The van der Waals surface area contributed by atoms with E-state index in [1.165, 1.54) is 0 Å². The van der Waals surface area contributed by atoms with Crippen molar-refractivity contribution in [2.75, 3.05) is 6.61 Å². The predicted octanol–water partition coefficient (Wildman–Crippen LogP) is 3.08. The molecular formula is C17H15BrO5. The van der Waals surface area contributed by atoms with Gasteiger partial charge in [-0.3, -0.25) is 9.59 Å². The van der Waals surface area contributed by atoms with Gasteiger partial charge in [-0.15, -0.1) is 0 Å². The third kappa shape index (κ3) is 2.19. The van der Waals surface area contributed by atoms with E-state index in [4.69, 9.17) is 14.2 Å². The van der Waals surface area contributed by atoms with E-state index >= 15 is 0 Å². The second-order valence-corrected chi connectivity index (χ2v) is 6.72. The number of hydrogen-bond acceptors (Lipinski definition) is 5. The van der Waals surface area contributed by atoms with Crippen LogP contribution in [0.3, 0.4) is 0 Å². The normalized spacial score (nSPS) is 27.7. The van der Waals surface area contributed by atoms with E-state index < -0.39 is 12.2 Å². The van der Waals surface area contributed by atoms with E-state index in [-0.39, 0.29) is 24.3 Å². The molecule has 120 valence electrons. The molecule has 0 aromatic heterocycles. The van der Waals surface area contributed by atoms with Crippen LogP contribution in [0.2, 0.25) is 0 Å². The van der Waals surface area contributed by atoms with Crippen LogP contribution in [-0.2, 0) is 19.1 Å². The summed E-state index contributed by atoms with van der Waals surface area (Å²) in [5, 5.41) is 0. The predicted molar refractivity (Wildman–Crippen MR) is 83.8 cm³/mol. The molecule has 2 bridgehead atoms. The Kier molecular flexibility index (Phi) is 3.44. The van der Waals surface area contributed by atoms with Gasteiger partial charge < -0.3 is 14.2 Å². The van der Waals surface area contributed by atoms with Gasteiger partial charge >= 0.3 is 5.97 Å². The fourth-order valence-electron chi connectivity index (χ4n) is 3.60. The summed E-state index contributed by atoms with van der Waals surface area (Å²) in [6.07, 6.45) is 0.258. The highest BCUT2D eigenvalue weighted by atomic mass is 79.9. The molecule has 3 aliphatic rings. The van der Waals surface area contributed by atoms with Gasteiger partial charge in [0.1, 0.15) is 17.4 Å². The molecule has 0 amide bonds. The van der Waals surface area contributed by atoms with Crippen LogP contribution in [0.25, 0.3) is 0 Å². The molecule has 6 heteroatoms. The van der Waals surface area contributed by atoms with Crippen molar-refractivity contribution in [3.63, 3.8) is 0 Å². The summed E-state index contributed by atoms with van der Waals surface area (Å²) < 4.78 is 17.8. The number of carbonyl (C=O) groups excluding carboxylic acids is 2. The smallest absolute Gasteiger partial charge is 0.317 e. The molecule has 0 saturated carbocycles. The molecular weight excluding hydrogens is 364 g/mol. The van der Waals surface area contributed by atoms with Gasteiger partial charge in [0, 0.05) is 34.4 Å². The SMILES string of the molecule is CCOC(=O)[C@@H]1[C@@H]2OC3=C(C(=O)CC3)[C@H]1c1cc(Br)ccc1O2. The number of rotatable bonds is 2. The minimum Gasteiger partial charge on any atom is -0.466 e. The van der Waals surface area contributed by atoms with E-state index in [1.54, 1.807) is 6.92 Å². The topological polar surface area (TPSA) is 61.8 Å². The molecule has 0 N–H and O–H groups in total. The lowest BCUT2D eigenvalue weighted by atomic mass is 9.75. The third-order valence-corrected chi connectivity index (χ3v) is 5.00. The first-order valence-electron chi connectivity index (χ1n) is 7.65. The molecule has 1 aromatic rings. The number of ether oxygens (including phenoxy) is 3. The van der Waals surface area contributed by atoms with Crippen molar-refractivity contribution >= 4 is 27.7 Å². The molecule has 0 unspecified atom stereocenters. The third-order valence-electron chi connectivity index (χ3n) is 4.51. The molecule has 3 atom stereocenters. The lowest BCUT2D eigenvalue weighted by Gasteiger charge is -2.42. The van der Waals surface area contributed by atoms with Crippen molar-refractivity contribution in [3.8, 4) is 5.75 Å². The molecule has 4 rings (SSSR count). The maximum Gasteiger partial charge on any atom is 0.317 e. The Bertz CT molecular complexity index is 738. The molecule has 1 aliphatic carbocycles. The number of allylic oxidation sites excluding steroid dienone is 2. The Morgan fingerprint density at radius 3 is 2.96 bits per heavy atom. The number of hydrogen-bond donors (Lipinski definition) is 0. The average molecular weight is 379 g/mol. The van der Waals surface area contributed by atoms with Crippen LogP contribution in [0.15, 0.2) is 34.0 Å². The van der Waals surface area contributed by atoms with Crippen molar-refractivity contribution in [3.05, 3.63) is 39.6 Å². The van der Waals surface area contributed by atoms with Gasteiger partial charge in [-0.2, -0.15) is 0 Å². The minimum absolute atomic E-state index is 0.0468. The summed E-state index contributed by atoms with van der Waals surface area (Å²) >= 11 is 3.45. The zero-order valence-electron chi connectivity index (χ0n) is 12.5. The number of carbonyl (C=O) groups is 2. The first-order chi connectivity index (χ1) is 11.1. The molecule has 5 nitrogen and oxygen atoms in total.